The lowest BCUT2D eigenvalue weighted by atomic mass is 10.1. The van der Waals surface area contributed by atoms with Gasteiger partial charge in [0.25, 0.3) is 0 Å². The van der Waals surface area contributed by atoms with E-state index in [-0.39, 0.29) is 12.2 Å². The maximum Gasteiger partial charge on any atom is 0.328 e. The van der Waals surface area contributed by atoms with Gasteiger partial charge in [0.1, 0.15) is 12.1 Å². The van der Waals surface area contributed by atoms with E-state index in [1.807, 2.05) is 0 Å². The molecule has 0 radical (unpaired) electrons. The number of amides is 3. The van der Waals surface area contributed by atoms with Gasteiger partial charge in [-0.05, 0) is 13.8 Å². The molecule has 1 aromatic heterocycles. The first-order valence-electron chi connectivity index (χ1n) is 8.72. The number of nitrogens with two attached hydrogens (primary N) is 1. The zero-order valence-corrected chi connectivity index (χ0v) is 16.8. The molecule has 0 saturated heterocycles. The number of aromatic amines is 1. The predicted molar refractivity (Wildman–Crippen MR) is 105 cm³/mol. The molecule has 3 amide bonds. The van der Waals surface area contributed by atoms with E-state index in [4.69, 9.17) is 10.8 Å². The molecule has 162 valence electrons. The van der Waals surface area contributed by atoms with E-state index in [2.05, 4.69) is 38.5 Å². The number of hydrogen-bond acceptors (Lipinski definition) is 8. The number of carbonyl (C=O) groups is 4. The average Bonchev–Trinajstić information content (AvgIpc) is 3.15. The van der Waals surface area contributed by atoms with Crippen LogP contribution in [-0.2, 0) is 25.6 Å². The summed E-state index contributed by atoms with van der Waals surface area (Å²) in [5.41, 5.74) is 6.45. The molecule has 5 atom stereocenters. The van der Waals surface area contributed by atoms with Crippen molar-refractivity contribution in [1.82, 2.24) is 25.9 Å². The van der Waals surface area contributed by atoms with Crippen molar-refractivity contribution in [3.05, 3.63) is 18.2 Å². The van der Waals surface area contributed by atoms with Gasteiger partial charge in [0, 0.05) is 24.1 Å². The molecule has 1 aromatic rings. The molecule has 8 N–H and O–H groups in total. The third kappa shape index (κ3) is 7.71. The first-order valence-corrected chi connectivity index (χ1v) is 9.35. The minimum absolute atomic E-state index is 0.135. The predicted octanol–water partition coefficient (Wildman–Crippen LogP) is -2.85. The minimum Gasteiger partial charge on any atom is -0.480 e. The van der Waals surface area contributed by atoms with Gasteiger partial charge in [0.05, 0.1) is 18.5 Å². The Morgan fingerprint density at radius 1 is 1.17 bits per heavy atom. The number of imidazole rings is 1. The van der Waals surface area contributed by atoms with Gasteiger partial charge >= 0.3 is 5.97 Å². The average molecular weight is 430 g/mol. The van der Waals surface area contributed by atoms with Crippen molar-refractivity contribution in [2.24, 2.45) is 5.73 Å². The van der Waals surface area contributed by atoms with Crippen LogP contribution in [0.4, 0.5) is 0 Å². The number of nitrogens with zero attached hydrogens (tertiary/aromatic N) is 1. The zero-order valence-electron chi connectivity index (χ0n) is 16.0. The number of hydrogen-bond donors (Lipinski definition) is 8. The van der Waals surface area contributed by atoms with Gasteiger partial charge in [-0.3, -0.25) is 14.4 Å². The molecule has 0 aliphatic carbocycles. The van der Waals surface area contributed by atoms with Crippen LogP contribution >= 0.6 is 12.6 Å². The van der Waals surface area contributed by atoms with Crippen LogP contribution in [0.5, 0.6) is 0 Å². The summed E-state index contributed by atoms with van der Waals surface area (Å²) in [5, 5.41) is 25.4. The second kappa shape index (κ2) is 11.4. The second-order valence-electron chi connectivity index (χ2n) is 6.43. The fourth-order valence-corrected chi connectivity index (χ4v) is 2.50. The SMILES string of the molecule is CC(NC(=O)C(N)Cc1cnc[nH]1)C(=O)NC(CS)C(=O)NC(C(=O)O)C(C)O. The molecule has 29 heavy (non-hydrogen) atoms. The highest BCUT2D eigenvalue weighted by Gasteiger charge is 2.30. The topological polar surface area (TPSA) is 200 Å². The Balaban J connectivity index is 2.60. The van der Waals surface area contributed by atoms with Crippen LogP contribution in [0.25, 0.3) is 0 Å². The number of nitrogens with one attached hydrogen (secondary N) is 4. The zero-order chi connectivity index (χ0) is 22.1. The number of rotatable bonds is 11. The third-order valence-corrected chi connectivity index (χ3v) is 4.31. The molecular weight excluding hydrogens is 404 g/mol. The van der Waals surface area contributed by atoms with E-state index < -0.39 is 54.0 Å². The Morgan fingerprint density at radius 3 is 2.31 bits per heavy atom. The summed E-state index contributed by atoms with van der Waals surface area (Å²) in [6.45, 7) is 2.61. The van der Waals surface area contributed by atoms with Crippen molar-refractivity contribution in [2.75, 3.05) is 5.75 Å². The molecule has 0 aliphatic heterocycles. The van der Waals surface area contributed by atoms with E-state index in [1.54, 1.807) is 0 Å². The smallest absolute Gasteiger partial charge is 0.328 e. The first-order chi connectivity index (χ1) is 13.6. The van der Waals surface area contributed by atoms with Crippen molar-refractivity contribution in [3.8, 4) is 0 Å². The van der Waals surface area contributed by atoms with Crippen LogP contribution in [-0.4, -0.2) is 79.9 Å². The maximum atomic E-state index is 12.3. The van der Waals surface area contributed by atoms with E-state index in [0.29, 0.717) is 5.69 Å². The van der Waals surface area contributed by atoms with Crippen molar-refractivity contribution in [1.29, 1.82) is 0 Å². The molecular formula is C16H26N6O6S. The fraction of sp³-hybridized carbons (Fsp3) is 0.562. The molecule has 0 saturated carbocycles. The first kappa shape index (κ1) is 24.4. The molecule has 0 fully saturated rings. The van der Waals surface area contributed by atoms with Crippen LogP contribution in [0.1, 0.15) is 19.5 Å². The number of thiol groups is 1. The maximum absolute atomic E-state index is 12.3. The van der Waals surface area contributed by atoms with Gasteiger partial charge in [-0.25, -0.2) is 9.78 Å². The lowest BCUT2D eigenvalue weighted by Gasteiger charge is -2.23. The van der Waals surface area contributed by atoms with Gasteiger partial charge in [0.15, 0.2) is 6.04 Å². The quantitative estimate of drug-likeness (QED) is 0.171. The summed E-state index contributed by atoms with van der Waals surface area (Å²) in [5.74, 6) is -3.66. The number of aliphatic hydroxyl groups is 1. The molecule has 5 unspecified atom stereocenters. The van der Waals surface area contributed by atoms with E-state index >= 15 is 0 Å². The standard InChI is InChI=1S/C16H26N6O6S/c1-7(20-14(25)10(17)3-9-4-18-6-19-9)13(24)21-11(5-29)15(26)22-12(8(2)23)16(27)28/h4,6-8,10-12,23,29H,3,5,17H2,1-2H3,(H,18,19)(H,20,25)(H,21,24)(H,22,26)(H,27,28). The summed E-state index contributed by atoms with van der Waals surface area (Å²) < 4.78 is 0. The molecule has 0 aromatic carbocycles. The number of H-pyrrole nitrogens is 1. The summed E-state index contributed by atoms with van der Waals surface area (Å²) >= 11 is 3.97. The summed E-state index contributed by atoms with van der Waals surface area (Å²) in [6.07, 6.45) is 1.82. The molecule has 0 bridgehead atoms. The highest BCUT2D eigenvalue weighted by atomic mass is 32.1. The Morgan fingerprint density at radius 2 is 1.83 bits per heavy atom. The Bertz CT molecular complexity index is 713. The molecule has 1 heterocycles. The van der Waals surface area contributed by atoms with Crippen LogP contribution < -0.4 is 21.7 Å². The normalized spacial score (nSPS) is 16.0. The largest absolute Gasteiger partial charge is 0.480 e. The van der Waals surface area contributed by atoms with Gasteiger partial charge < -0.3 is 36.9 Å². The van der Waals surface area contributed by atoms with Gasteiger partial charge in [-0.15, -0.1) is 0 Å². The number of carbonyl (C=O) groups excluding carboxylic acids is 3. The summed E-state index contributed by atoms with van der Waals surface area (Å²) in [7, 11) is 0. The van der Waals surface area contributed by atoms with Crippen LogP contribution in [0.3, 0.4) is 0 Å². The van der Waals surface area contributed by atoms with Crippen molar-refractivity contribution in [2.45, 2.75) is 50.5 Å². The number of carboxylic acid groups (broad SMARTS) is 1. The van der Waals surface area contributed by atoms with E-state index in [9.17, 15) is 24.3 Å². The monoisotopic (exact) mass is 430 g/mol. The van der Waals surface area contributed by atoms with E-state index in [1.165, 1.54) is 26.4 Å². The number of aliphatic carboxylic acids is 1. The summed E-state index contributed by atoms with van der Waals surface area (Å²) in [6, 6.07) is -4.65. The van der Waals surface area contributed by atoms with Gasteiger partial charge in [-0.2, -0.15) is 12.6 Å². The molecule has 1 rings (SSSR count). The van der Waals surface area contributed by atoms with Crippen LogP contribution in [0, 0.1) is 0 Å². The lowest BCUT2D eigenvalue weighted by Crippen LogP contribution is -2.58. The number of aliphatic hydroxyl groups excluding tert-OH is 1. The Labute approximate surface area is 172 Å². The second-order valence-corrected chi connectivity index (χ2v) is 6.79. The number of aromatic nitrogens is 2. The molecule has 12 nitrogen and oxygen atoms in total. The van der Waals surface area contributed by atoms with Crippen LogP contribution in [0.2, 0.25) is 0 Å². The summed E-state index contributed by atoms with van der Waals surface area (Å²) in [4.78, 5) is 54.3. The van der Waals surface area contributed by atoms with E-state index in [0.717, 1.165) is 0 Å². The Hall–Kier alpha value is -2.64. The fourth-order valence-electron chi connectivity index (χ4n) is 2.25. The van der Waals surface area contributed by atoms with Crippen molar-refractivity contribution in [3.63, 3.8) is 0 Å². The van der Waals surface area contributed by atoms with Crippen LogP contribution in [0.15, 0.2) is 12.5 Å². The van der Waals surface area contributed by atoms with Gasteiger partial charge in [0.2, 0.25) is 17.7 Å². The van der Waals surface area contributed by atoms with Gasteiger partial charge in [-0.1, -0.05) is 0 Å². The molecule has 13 heteroatoms. The number of carboxylic acids is 1. The molecule has 0 aliphatic rings. The lowest BCUT2D eigenvalue weighted by molar-refractivity contribution is -0.145. The highest BCUT2D eigenvalue weighted by molar-refractivity contribution is 7.80. The van der Waals surface area contributed by atoms with Crippen molar-refractivity contribution >= 4 is 36.3 Å². The Kier molecular flexibility index (Phi) is 9.58. The third-order valence-electron chi connectivity index (χ3n) is 3.95. The highest BCUT2D eigenvalue weighted by Crippen LogP contribution is 1.99. The minimum atomic E-state index is -1.54. The van der Waals surface area contributed by atoms with Crippen molar-refractivity contribution < 1.29 is 29.4 Å². The molecule has 0 spiro atoms.